The summed E-state index contributed by atoms with van der Waals surface area (Å²) in [7, 11) is 1.71. The maximum atomic E-state index is 8.79. The number of fused-ring (bicyclic) bond motifs is 1. The van der Waals surface area contributed by atoms with Crippen molar-refractivity contribution < 1.29 is 4.74 Å². The Morgan fingerprint density at radius 1 is 1.31 bits per heavy atom. The van der Waals surface area contributed by atoms with Gasteiger partial charge in [-0.3, -0.25) is 4.68 Å². The molecule has 1 saturated heterocycles. The lowest BCUT2D eigenvalue weighted by atomic mass is 9.89. The van der Waals surface area contributed by atoms with Crippen LogP contribution in [-0.4, -0.2) is 46.5 Å². The molecule has 3 aromatic rings. The number of nitrogens with zero attached hydrogens (tertiary/aromatic N) is 7. The van der Waals surface area contributed by atoms with Gasteiger partial charge in [-0.05, 0) is 60.5 Å². The maximum absolute atomic E-state index is 8.79. The Balaban J connectivity index is 1.62. The average molecular weight is 436 g/mol. The van der Waals surface area contributed by atoms with E-state index < -0.39 is 0 Å². The summed E-state index contributed by atoms with van der Waals surface area (Å²) in [6.45, 7) is 5.54. The van der Waals surface area contributed by atoms with Gasteiger partial charge in [0.05, 0.1) is 19.9 Å². The molecular formula is C22H29N9O. The Morgan fingerprint density at radius 3 is 2.91 bits per heavy atom. The van der Waals surface area contributed by atoms with Crippen molar-refractivity contribution in [1.29, 1.82) is 0 Å². The third kappa shape index (κ3) is 4.92. The molecule has 10 heteroatoms. The molecule has 2 aromatic heterocycles. The molecule has 3 heterocycles. The SMILES string of the molecule is CCCCNc1nc(N=[N+]=[N-])nc2cn(Cc3ccc(C4CCNCC4)cc3OC)nc12. The minimum atomic E-state index is 0.0856. The molecule has 0 spiro atoms. The number of methoxy groups -OCH3 is 1. The van der Waals surface area contributed by atoms with E-state index >= 15 is 0 Å². The number of benzene rings is 1. The highest BCUT2D eigenvalue weighted by atomic mass is 16.5. The number of azide groups is 1. The molecule has 0 bridgehead atoms. The van der Waals surface area contributed by atoms with Crippen LogP contribution in [0.3, 0.4) is 0 Å². The van der Waals surface area contributed by atoms with Crippen LogP contribution in [0.5, 0.6) is 5.75 Å². The molecule has 2 N–H and O–H groups in total. The van der Waals surface area contributed by atoms with Gasteiger partial charge in [0.1, 0.15) is 11.3 Å². The van der Waals surface area contributed by atoms with Gasteiger partial charge in [0, 0.05) is 17.0 Å². The Bertz CT molecular complexity index is 1110. The lowest BCUT2D eigenvalue weighted by Crippen LogP contribution is -2.26. The van der Waals surface area contributed by atoms with E-state index in [0.29, 0.717) is 29.3 Å². The summed E-state index contributed by atoms with van der Waals surface area (Å²) >= 11 is 0. The van der Waals surface area contributed by atoms with Crippen LogP contribution in [0, 0.1) is 0 Å². The van der Waals surface area contributed by atoms with Crippen molar-refractivity contribution in [2.24, 2.45) is 5.11 Å². The Morgan fingerprint density at radius 2 is 2.16 bits per heavy atom. The smallest absolute Gasteiger partial charge is 0.219 e. The normalized spacial score (nSPS) is 14.3. The van der Waals surface area contributed by atoms with Gasteiger partial charge < -0.3 is 15.4 Å². The molecule has 0 amide bonds. The van der Waals surface area contributed by atoms with Crippen molar-refractivity contribution in [3.8, 4) is 5.75 Å². The lowest BCUT2D eigenvalue weighted by Gasteiger charge is -2.23. The second-order valence-corrected chi connectivity index (χ2v) is 8.00. The van der Waals surface area contributed by atoms with Crippen LogP contribution < -0.4 is 15.4 Å². The highest BCUT2D eigenvalue weighted by molar-refractivity contribution is 5.85. The van der Waals surface area contributed by atoms with Crippen LogP contribution in [0.4, 0.5) is 11.8 Å². The van der Waals surface area contributed by atoms with E-state index in [-0.39, 0.29) is 5.95 Å². The number of unbranched alkanes of at least 4 members (excludes halogenated alkanes) is 1. The standard InChI is InChI=1S/C22H29N9O/c1-3-4-9-25-21-20-18(26-22(27-21)28-30-23)14-31(29-20)13-17-6-5-16(12-19(17)32-2)15-7-10-24-11-8-15/h5-6,12,14-15,24H,3-4,7-11,13H2,1-2H3,(H,25,26,27). The van der Waals surface area contributed by atoms with Gasteiger partial charge in [-0.15, -0.1) is 0 Å². The van der Waals surface area contributed by atoms with E-state index in [4.69, 9.17) is 15.4 Å². The Kier molecular flexibility index (Phi) is 7.03. The first-order valence-corrected chi connectivity index (χ1v) is 11.1. The fourth-order valence-electron chi connectivity index (χ4n) is 4.10. The first-order chi connectivity index (χ1) is 15.7. The van der Waals surface area contributed by atoms with Crippen LogP contribution in [0.2, 0.25) is 0 Å². The van der Waals surface area contributed by atoms with E-state index in [0.717, 1.165) is 56.6 Å². The van der Waals surface area contributed by atoms with Crippen molar-refractivity contribution in [1.82, 2.24) is 25.1 Å². The number of hydrogen-bond donors (Lipinski definition) is 2. The minimum absolute atomic E-state index is 0.0856. The molecule has 1 aliphatic heterocycles. The van der Waals surface area contributed by atoms with Crippen molar-refractivity contribution in [2.45, 2.75) is 45.1 Å². The second-order valence-electron chi connectivity index (χ2n) is 8.00. The summed E-state index contributed by atoms with van der Waals surface area (Å²) in [5.74, 6) is 2.10. The van der Waals surface area contributed by atoms with Gasteiger partial charge in [0.2, 0.25) is 5.95 Å². The maximum Gasteiger partial charge on any atom is 0.219 e. The van der Waals surface area contributed by atoms with E-state index in [1.54, 1.807) is 7.11 Å². The molecule has 4 rings (SSSR count). The van der Waals surface area contributed by atoms with Crippen LogP contribution >= 0.6 is 0 Å². The zero-order valence-electron chi connectivity index (χ0n) is 18.6. The van der Waals surface area contributed by atoms with Crippen LogP contribution in [0.1, 0.15) is 49.7 Å². The number of hydrogen-bond acceptors (Lipinski definition) is 7. The summed E-state index contributed by atoms with van der Waals surface area (Å²) in [6, 6.07) is 6.49. The van der Waals surface area contributed by atoms with Crippen molar-refractivity contribution >= 4 is 22.8 Å². The first-order valence-electron chi connectivity index (χ1n) is 11.1. The zero-order chi connectivity index (χ0) is 22.3. The predicted molar refractivity (Wildman–Crippen MR) is 124 cm³/mol. The van der Waals surface area contributed by atoms with Crippen LogP contribution in [0.15, 0.2) is 29.5 Å². The van der Waals surface area contributed by atoms with Crippen molar-refractivity contribution in [2.75, 3.05) is 32.1 Å². The molecule has 1 aliphatic rings. The van der Waals surface area contributed by atoms with Crippen LogP contribution in [-0.2, 0) is 6.54 Å². The molecular weight excluding hydrogens is 406 g/mol. The summed E-state index contributed by atoms with van der Waals surface area (Å²) in [6.07, 6.45) is 6.20. The van der Waals surface area contributed by atoms with Gasteiger partial charge in [-0.2, -0.15) is 5.10 Å². The minimum Gasteiger partial charge on any atom is -0.496 e. The van der Waals surface area contributed by atoms with Crippen molar-refractivity contribution in [3.05, 3.63) is 46.0 Å². The number of aromatic nitrogens is 4. The summed E-state index contributed by atoms with van der Waals surface area (Å²) in [5.41, 5.74) is 12.4. The number of anilines is 1. The average Bonchev–Trinajstić information content (AvgIpc) is 3.23. The number of piperidine rings is 1. The van der Waals surface area contributed by atoms with Gasteiger partial charge in [-0.25, -0.2) is 9.97 Å². The summed E-state index contributed by atoms with van der Waals surface area (Å²) < 4.78 is 7.54. The van der Waals surface area contributed by atoms with Gasteiger partial charge in [-0.1, -0.05) is 25.5 Å². The highest BCUT2D eigenvalue weighted by Gasteiger charge is 2.18. The fourth-order valence-corrected chi connectivity index (χ4v) is 4.10. The lowest BCUT2D eigenvalue weighted by molar-refractivity contribution is 0.404. The van der Waals surface area contributed by atoms with Crippen LogP contribution in [0.25, 0.3) is 21.5 Å². The summed E-state index contributed by atoms with van der Waals surface area (Å²) in [4.78, 5) is 11.5. The summed E-state index contributed by atoms with van der Waals surface area (Å²) in [5, 5.41) is 15.0. The predicted octanol–water partition coefficient (Wildman–Crippen LogP) is 4.50. The zero-order valence-corrected chi connectivity index (χ0v) is 18.6. The van der Waals surface area contributed by atoms with E-state index in [1.807, 2.05) is 10.9 Å². The van der Waals surface area contributed by atoms with Crippen molar-refractivity contribution in [3.63, 3.8) is 0 Å². The molecule has 10 nitrogen and oxygen atoms in total. The molecule has 32 heavy (non-hydrogen) atoms. The first kappa shape index (κ1) is 21.9. The largest absolute Gasteiger partial charge is 0.496 e. The molecule has 1 fully saturated rings. The molecule has 0 unspecified atom stereocenters. The highest BCUT2D eigenvalue weighted by Crippen LogP contribution is 2.31. The van der Waals surface area contributed by atoms with Gasteiger partial charge in [0.25, 0.3) is 0 Å². The third-order valence-corrected chi connectivity index (χ3v) is 5.81. The fraction of sp³-hybridized carbons (Fsp3) is 0.500. The molecule has 0 aliphatic carbocycles. The quantitative estimate of drug-likeness (QED) is 0.220. The van der Waals surface area contributed by atoms with E-state index in [2.05, 4.69) is 55.8 Å². The Labute approximate surface area is 187 Å². The number of nitrogens with one attached hydrogen (secondary N) is 2. The molecule has 168 valence electrons. The van der Waals surface area contributed by atoms with E-state index in [9.17, 15) is 0 Å². The van der Waals surface area contributed by atoms with Gasteiger partial charge >= 0.3 is 0 Å². The molecule has 0 radical (unpaired) electrons. The molecule has 1 aromatic carbocycles. The van der Waals surface area contributed by atoms with Gasteiger partial charge in [0.15, 0.2) is 11.3 Å². The monoisotopic (exact) mass is 435 g/mol. The topological polar surface area (TPSA) is 126 Å². The second kappa shape index (κ2) is 10.3. The molecule has 0 atom stereocenters. The Hall–Kier alpha value is -3.36. The number of ether oxygens (including phenoxy) is 1. The number of rotatable bonds is 9. The third-order valence-electron chi connectivity index (χ3n) is 5.81. The van der Waals surface area contributed by atoms with E-state index in [1.165, 1.54) is 5.56 Å². The molecule has 0 saturated carbocycles.